The fraction of sp³-hybridized carbons (Fsp3) is 0.429. The third kappa shape index (κ3) is 2.67. The van der Waals surface area contributed by atoms with Crippen LogP contribution in [0.4, 0.5) is 0 Å². The fourth-order valence-electron chi connectivity index (χ4n) is 1.92. The third-order valence-electron chi connectivity index (χ3n) is 3.20. The first-order valence-corrected chi connectivity index (χ1v) is 9.05. The van der Waals surface area contributed by atoms with Gasteiger partial charge in [-0.25, -0.2) is 0 Å². The molecule has 0 bridgehead atoms. The van der Waals surface area contributed by atoms with E-state index in [1.807, 2.05) is 29.6 Å². The van der Waals surface area contributed by atoms with Gasteiger partial charge >= 0.3 is 0 Å². The van der Waals surface area contributed by atoms with Crippen LogP contribution in [0.5, 0.6) is 11.5 Å². The van der Waals surface area contributed by atoms with Crippen molar-refractivity contribution in [3.8, 4) is 11.5 Å². The number of benzene rings is 1. The molecule has 4 heteroatoms. The molecule has 0 fully saturated rings. The predicted molar refractivity (Wildman–Crippen MR) is 81.8 cm³/mol. The number of rotatable bonds is 3. The maximum Gasteiger partial charge on any atom is 0.131 e. The van der Waals surface area contributed by atoms with Crippen LogP contribution in [-0.2, 0) is 0 Å². The molecule has 0 amide bonds. The first-order chi connectivity index (χ1) is 8.67. The Morgan fingerprint density at radius 3 is 2.17 bits per heavy atom. The van der Waals surface area contributed by atoms with Gasteiger partial charge < -0.3 is 9.47 Å². The third-order valence-corrected chi connectivity index (χ3v) is 8.03. The van der Waals surface area contributed by atoms with Gasteiger partial charge in [0.2, 0.25) is 0 Å². The van der Waals surface area contributed by atoms with Crippen molar-refractivity contribution in [3.63, 3.8) is 0 Å². The van der Waals surface area contributed by atoms with E-state index in [2.05, 4.69) is 13.8 Å². The minimum Gasteiger partial charge on any atom is -0.496 e. The summed E-state index contributed by atoms with van der Waals surface area (Å²) in [6, 6.07) is 6.04. The molecule has 2 nitrogen and oxygen atoms in total. The lowest BCUT2D eigenvalue weighted by Gasteiger charge is -2.27. The lowest BCUT2D eigenvalue weighted by molar-refractivity contribution is 0.401. The van der Waals surface area contributed by atoms with Crippen molar-refractivity contribution in [1.82, 2.24) is 0 Å². The number of allylic oxidation sites excluding steroid dienone is 1. The normalized spacial score (nSPS) is 19.9. The summed E-state index contributed by atoms with van der Waals surface area (Å²) in [5.74, 6) is 3.04. The van der Waals surface area contributed by atoms with Gasteiger partial charge in [0.05, 0.1) is 19.5 Å². The van der Waals surface area contributed by atoms with E-state index < -0.39 is 0 Å². The van der Waals surface area contributed by atoms with Gasteiger partial charge in [0.1, 0.15) is 11.5 Å². The highest BCUT2D eigenvalue weighted by Crippen LogP contribution is 2.57. The van der Waals surface area contributed by atoms with Gasteiger partial charge in [0.25, 0.3) is 0 Å². The second-order valence-electron chi connectivity index (χ2n) is 4.38. The molecule has 1 atom stereocenters. The largest absolute Gasteiger partial charge is 0.496 e. The summed E-state index contributed by atoms with van der Waals surface area (Å²) in [6.45, 7) is 4.47. The van der Waals surface area contributed by atoms with Gasteiger partial charge in [-0.2, -0.15) is 0 Å². The average Bonchev–Trinajstić information content (AvgIpc) is 2.41. The first kappa shape index (κ1) is 13.8. The van der Waals surface area contributed by atoms with Crippen molar-refractivity contribution in [1.29, 1.82) is 0 Å². The number of hydrogen-bond donors (Lipinski definition) is 0. The summed E-state index contributed by atoms with van der Waals surface area (Å²) in [5, 5.41) is 1.26. The summed E-state index contributed by atoms with van der Waals surface area (Å²) < 4.78 is 11.0. The van der Waals surface area contributed by atoms with Crippen LogP contribution in [0, 0.1) is 0 Å². The highest BCUT2D eigenvalue weighted by molar-refractivity contribution is 8.58. The molecule has 1 aliphatic rings. The van der Waals surface area contributed by atoms with Crippen LogP contribution in [-0.4, -0.2) is 26.1 Å². The lowest BCUT2D eigenvalue weighted by atomic mass is 10.2. The Morgan fingerprint density at radius 1 is 1.06 bits per heavy atom. The Labute approximate surface area is 114 Å². The van der Waals surface area contributed by atoms with Crippen molar-refractivity contribution in [2.75, 3.05) is 26.1 Å². The zero-order valence-electron chi connectivity index (χ0n) is 11.3. The van der Waals surface area contributed by atoms with Crippen molar-refractivity contribution >= 4 is 23.8 Å². The minimum atomic E-state index is -0.277. The van der Waals surface area contributed by atoms with E-state index in [1.165, 1.54) is 16.5 Å². The van der Waals surface area contributed by atoms with Gasteiger partial charge in [0, 0.05) is 11.9 Å². The molecular formula is C14H19O2PS. The molecule has 0 aliphatic carbocycles. The van der Waals surface area contributed by atoms with Crippen LogP contribution in [0.25, 0.3) is 0 Å². The molecule has 0 saturated carbocycles. The Hall–Kier alpha value is -0.660. The van der Waals surface area contributed by atoms with Crippen LogP contribution < -0.4 is 14.8 Å². The van der Waals surface area contributed by atoms with E-state index in [0.29, 0.717) is 0 Å². The molecule has 2 rings (SSSR count). The Bertz CT molecular complexity index is 449. The Balaban J connectivity index is 2.39. The molecule has 0 aromatic heterocycles. The maximum absolute atomic E-state index is 5.51. The van der Waals surface area contributed by atoms with Gasteiger partial charge in [-0.15, -0.1) is 11.4 Å². The molecule has 0 saturated heterocycles. The number of hydrogen-bond acceptors (Lipinski definition) is 3. The summed E-state index contributed by atoms with van der Waals surface area (Å²) in [6.07, 6.45) is 1.14. The van der Waals surface area contributed by atoms with Gasteiger partial charge in [0.15, 0.2) is 0 Å². The van der Waals surface area contributed by atoms with Crippen molar-refractivity contribution in [2.24, 2.45) is 0 Å². The SMILES string of the molecule is COc1cccc(OC)c1P1CC(C)=C(C)CS1. The zero-order valence-corrected chi connectivity index (χ0v) is 13.0. The molecule has 1 heterocycles. The zero-order chi connectivity index (χ0) is 13.1. The summed E-state index contributed by atoms with van der Waals surface area (Å²) in [7, 11) is 3.19. The molecule has 1 unspecified atom stereocenters. The van der Waals surface area contributed by atoms with Gasteiger partial charge in [-0.05, 0) is 33.1 Å². The van der Waals surface area contributed by atoms with Crippen molar-refractivity contribution in [2.45, 2.75) is 13.8 Å². The predicted octanol–water partition coefficient (Wildman–Crippen LogP) is 3.81. The van der Waals surface area contributed by atoms with Gasteiger partial charge in [-0.3, -0.25) is 0 Å². The molecular weight excluding hydrogens is 263 g/mol. The Kier molecular flexibility index (Phi) is 4.58. The van der Waals surface area contributed by atoms with Gasteiger partial charge in [-0.1, -0.05) is 17.2 Å². The van der Waals surface area contributed by atoms with E-state index in [-0.39, 0.29) is 7.12 Å². The molecule has 0 spiro atoms. The quantitative estimate of drug-likeness (QED) is 0.620. The van der Waals surface area contributed by atoms with Crippen LogP contribution in [0.15, 0.2) is 29.3 Å². The fourth-order valence-corrected chi connectivity index (χ4v) is 7.24. The van der Waals surface area contributed by atoms with E-state index >= 15 is 0 Å². The van der Waals surface area contributed by atoms with Crippen molar-refractivity contribution in [3.05, 3.63) is 29.3 Å². The molecule has 98 valence electrons. The second kappa shape index (κ2) is 5.99. The smallest absolute Gasteiger partial charge is 0.131 e. The molecule has 1 aromatic rings. The number of methoxy groups -OCH3 is 2. The highest BCUT2D eigenvalue weighted by atomic mass is 32.7. The van der Waals surface area contributed by atoms with E-state index in [1.54, 1.807) is 14.2 Å². The molecule has 18 heavy (non-hydrogen) atoms. The Morgan fingerprint density at radius 2 is 1.67 bits per heavy atom. The molecule has 1 aliphatic heterocycles. The molecule has 1 aromatic carbocycles. The average molecular weight is 282 g/mol. The van der Waals surface area contributed by atoms with Crippen LogP contribution in [0.3, 0.4) is 0 Å². The van der Waals surface area contributed by atoms with Crippen LogP contribution >= 0.6 is 18.5 Å². The molecule has 0 N–H and O–H groups in total. The summed E-state index contributed by atoms with van der Waals surface area (Å²) >= 11 is 2.03. The topological polar surface area (TPSA) is 18.5 Å². The van der Waals surface area contributed by atoms with E-state index in [4.69, 9.17) is 9.47 Å². The molecule has 0 radical (unpaired) electrons. The van der Waals surface area contributed by atoms with Crippen LogP contribution in [0.1, 0.15) is 13.8 Å². The number of ether oxygens (including phenoxy) is 2. The van der Waals surface area contributed by atoms with E-state index in [0.717, 1.165) is 23.4 Å². The van der Waals surface area contributed by atoms with E-state index in [9.17, 15) is 0 Å². The second-order valence-corrected chi connectivity index (χ2v) is 8.55. The standard InChI is InChI=1S/C14H19O2PS/c1-10-8-17(18-9-11(10)2)14-12(15-3)6-5-7-13(14)16-4/h5-7H,8-9H2,1-4H3. The summed E-state index contributed by atoms with van der Waals surface area (Å²) in [5.41, 5.74) is 3.04. The minimum absolute atomic E-state index is 0.277. The monoisotopic (exact) mass is 282 g/mol. The van der Waals surface area contributed by atoms with Crippen LogP contribution in [0.2, 0.25) is 0 Å². The first-order valence-electron chi connectivity index (χ1n) is 5.94. The highest BCUT2D eigenvalue weighted by Gasteiger charge is 2.24. The lowest BCUT2D eigenvalue weighted by Crippen LogP contribution is -2.13. The maximum atomic E-state index is 5.51. The van der Waals surface area contributed by atoms with Crippen molar-refractivity contribution < 1.29 is 9.47 Å². The summed E-state index contributed by atoms with van der Waals surface area (Å²) in [4.78, 5) is 0.